The SMILES string of the molecule is CCC1CCC2(C)N(c3ccccc3)c3ccc(-c4ccc5c(c4)C(C)(C)c4c-5c5ccccc5c5cc(-c6ccc7c(c6)C6(C)CC(CC)CCC6(C)N7c6ccccc6)ccc45)cc3C2(C)C1. The molecule has 2 nitrogen and oxygen atoms in total. The van der Waals surface area contributed by atoms with E-state index in [0.717, 1.165) is 11.8 Å². The number of benzene rings is 8. The van der Waals surface area contributed by atoms with Crippen LogP contribution in [0.15, 0.2) is 158 Å². The third kappa shape index (κ3) is 5.72. The fourth-order valence-corrected chi connectivity index (χ4v) is 15.7. The molecule has 2 saturated carbocycles. The number of hydrogen-bond acceptors (Lipinski definition) is 2. The summed E-state index contributed by atoms with van der Waals surface area (Å²) in [6.07, 6.45) is 9.93. The summed E-state index contributed by atoms with van der Waals surface area (Å²) in [6.45, 7) is 20.0. The lowest BCUT2D eigenvalue weighted by Crippen LogP contribution is -2.56. The Bertz CT molecular complexity index is 3380. The van der Waals surface area contributed by atoms with Gasteiger partial charge in [0.25, 0.3) is 0 Å². The van der Waals surface area contributed by atoms with Crippen LogP contribution in [0.4, 0.5) is 22.7 Å². The summed E-state index contributed by atoms with van der Waals surface area (Å²) in [6, 6.07) is 61.3. The first-order chi connectivity index (χ1) is 33.3. The predicted octanol–water partition coefficient (Wildman–Crippen LogP) is 18.4. The van der Waals surface area contributed by atoms with E-state index in [1.54, 1.807) is 0 Å². The van der Waals surface area contributed by atoms with Crippen LogP contribution in [-0.2, 0) is 16.2 Å². The lowest BCUT2D eigenvalue weighted by Gasteiger charge is -2.52. The van der Waals surface area contributed by atoms with Crippen LogP contribution in [-0.4, -0.2) is 11.1 Å². The van der Waals surface area contributed by atoms with Crippen molar-refractivity contribution in [1.82, 2.24) is 0 Å². The Kier molecular flexibility index (Phi) is 9.30. The van der Waals surface area contributed by atoms with Gasteiger partial charge in [-0.1, -0.05) is 151 Å². The molecule has 8 aromatic carbocycles. The van der Waals surface area contributed by atoms with Crippen molar-refractivity contribution in [3.63, 3.8) is 0 Å². The van der Waals surface area contributed by atoms with E-state index in [9.17, 15) is 0 Å². The summed E-state index contributed by atoms with van der Waals surface area (Å²) in [5.41, 5.74) is 19.3. The van der Waals surface area contributed by atoms with E-state index in [-0.39, 0.29) is 27.3 Å². The topological polar surface area (TPSA) is 6.48 Å². The van der Waals surface area contributed by atoms with Gasteiger partial charge in [0.15, 0.2) is 0 Å². The van der Waals surface area contributed by atoms with Crippen molar-refractivity contribution in [3.05, 3.63) is 180 Å². The van der Waals surface area contributed by atoms with Gasteiger partial charge in [0.05, 0.1) is 11.1 Å². The molecular weight excluding hydrogens is 833 g/mol. The first-order valence-electron chi connectivity index (χ1n) is 26.5. The minimum Gasteiger partial charge on any atom is -0.334 e. The van der Waals surface area contributed by atoms with Crippen LogP contribution in [0.2, 0.25) is 0 Å². The van der Waals surface area contributed by atoms with Gasteiger partial charge in [0.2, 0.25) is 0 Å². The van der Waals surface area contributed by atoms with Crippen LogP contribution >= 0.6 is 0 Å². The van der Waals surface area contributed by atoms with Crippen molar-refractivity contribution < 1.29 is 0 Å². The molecule has 0 spiro atoms. The second kappa shape index (κ2) is 14.9. The number of hydrogen-bond donors (Lipinski definition) is 0. The maximum Gasteiger partial charge on any atom is 0.0518 e. The van der Waals surface area contributed by atoms with Crippen LogP contribution in [0.3, 0.4) is 0 Å². The number of rotatable bonds is 6. The Hall–Kier alpha value is -6.12. The molecule has 3 aliphatic carbocycles. The van der Waals surface area contributed by atoms with E-state index in [1.807, 2.05) is 0 Å². The molecule has 346 valence electrons. The molecule has 5 aliphatic rings. The smallest absolute Gasteiger partial charge is 0.0518 e. The molecule has 0 N–H and O–H groups in total. The van der Waals surface area contributed by atoms with Crippen molar-refractivity contribution in [3.8, 4) is 33.4 Å². The predicted molar refractivity (Wildman–Crippen MR) is 294 cm³/mol. The zero-order valence-corrected chi connectivity index (χ0v) is 42.2. The zero-order valence-electron chi connectivity index (χ0n) is 42.2. The summed E-state index contributed by atoms with van der Waals surface area (Å²) >= 11 is 0. The average Bonchev–Trinajstić information content (AvgIpc) is 3.84. The van der Waals surface area contributed by atoms with E-state index in [1.165, 1.54) is 151 Å². The Morgan fingerprint density at radius 1 is 0.435 bits per heavy atom. The van der Waals surface area contributed by atoms with Gasteiger partial charge in [-0.05, 0) is 202 Å². The highest BCUT2D eigenvalue weighted by Gasteiger charge is 2.60. The minimum atomic E-state index is -0.197. The number of anilines is 4. The second-order valence-corrected chi connectivity index (χ2v) is 23.5. The average molecular weight is 901 g/mol. The standard InChI is InChI=1S/C67H68N2/c1-9-43-33-35-66(7)64(5,41-43)57-39-47(27-31-59(57)68(66)49-19-13-11-14-20-49)45-25-29-53-55(37-45)51-23-17-18-24-52(51)61-54-30-26-46(38-56(54)63(3,4)62(53)61)48-28-32-60-58(40-48)65(6)42-44(10-2)34-36-67(65,8)69(60)50-21-15-12-16-22-50/h11-32,37-40,43-44H,9-10,33-36,41-42H2,1-8H3. The fourth-order valence-electron chi connectivity index (χ4n) is 15.7. The number of para-hydroxylation sites is 2. The van der Waals surface area contributed by atoms with E-state index < -0.39 is 0 Å². The molecule has 2 aliphatic heterocycles. The molecule has 0 radical (unpaired) electrons. The highest BCUT2D eigenvalue weighted by atomic mass is 15.3. The van der Waals surface area contributed by atoms with E-state index >= 15 is 0 Å². The normalized spacial score (nSPS) is 27.2. The summed E-state index contributed by atoms with van der Waals surface area (Å²) < 4.78 is 0. The highest BCUT2D eigenvalue weighted by Crippen LogP contribution is 2.65. The lowest BCUT2D eigenvalue weighted by molar-refractivity contribution is 0.143. The Labute approximate surface area is 411 Å². The second-order valence-electron chi connectivity index (χ2n) is 23.5. The molecular formula is C67H68N2. The molecule has 13 rings (SSSR count). The van der Waals surface area contributed by atoms with Crippen LogP contribution in [0.5, 0.6) is 0 Å². The first kappa shape index (κ1) is 42.9. The molecule has 0 saturated heterocycles. The summed E-state index contributed by atoms with van der Waals surface area (Å²) in [5, 5.41) is 5.42. The molecule has 69 heavy (non-hydrogen) atoms. The molecule has 2 fully saturated rings. The highest BCUT2D eigenvalue weighted by molar-refractivity contribution is 6.19. The van der Waals surface area contributed by atoms with Crippen molar-refractivity contribution >= 4 is 44.3 Å². The van der Waals surface area contributed by atoms with Crippen LogP contribution in [0.25, 0.3) is 54.9 Å². The summed E-state index contributed by atoms with van der Waals surface area (Å²) in [7, 11) is 0. The van der Waals surface area contributed by atoms with Gasteiger partial charge in [0, 0.05) is 39.0 Å². The Morgan fingerprint density at radius 3 is 1.41 bits per heavy atom. The maximum atomic E-state index is 2.71. The van der Waals surface area contributed by atoms with E-state index in [4.69, 9.17) is 0 Å². The monoisotopic (exact) mass is 901 g/mol. The largest absolute Gasteiger partial charge is 0.334 e. The first-order valence-corrected chi connectivity index (χ1v) is 26.5. The third-order valence-corrected chi connectivity index (χ3v) is 20.0. The minimum absolute atomic E-state index is 0.0128. The van der Waals surface area contributed by atoms with Gasteiger partial charge in [-0.3, -0.25) is 0 Å². The van der Waals surface area contributed by atoms with Gasteiger partial charge >= 0.3 is 0 Å². The number of nitrogens with zero attached hydrogens (tertiary/aromatic N) is 2. The van der Waals surface area contributed by atoms with Gasteiger partial charge in [0.1, 0.15) is 0 Å². The Morgan fingerprint density at radius 2 is 0.884 bits per heavy atom. The van der Waals surface area contributed by atoms with Gasteiger partial charge < -0.3 is 9.80 Å². The van der Waals surface area contributed by atoms with Crippen LogP contribution in [0, 0.1) is 11.8 Å². The quantitative estimate of drug-likeness (QED) is 0.153. The Balaban J connectivity index is 0.921. The zero-order chi connectivity index (χ0) is 47.2. The fraction of sp³-hybridized carbons (Fsp3) is 0.343. The van der Waals surface area contributed by atoms with Gasteiger partial charge in [-0.25, -0.2) is 0 Å². The lowest BCUT2D eigenvalue weighted by atomic mass is 9.58. The molecule has 8 aromatic rings. The van der Waals surface area contributed by atoms with Gasteiger partial charge in [-0.2, -0.15) is 0 Å². The van der Waals surface area contributed by atoms with E-state index in [2.05, 4.69) is 223 Å². The molecule has 2 heterocycles. The molecule has 0 aromatic heterocycles. The number of fused-ring (bicyclic) bond motifs is 14. The van der Waals surface area contributed by atoms with Crippen LogP contribution in [0.1, 0.15) is 129 Å². The molecule has 2 heteroatoms. The molecule has 6 unspecified atom stereocenters. The van der Waals surface area contributed by atoms with Crippen molar-refractivity contribution in [2.75, 3.05) is 9.80 Å². The maximum absolute atomic E-state index is 2.71. The van der Waals surface area contributed by atoms with Crippen molar-refractivity contribution in [1.29, 1.82) is 0 Å². The summed E-state index contributed by atoms with van der Waals surface area (Å²) in [4.78, 5) is 5.41. The molecule has 0 bridgehead atoms. The summed E-state index contributed by atoms with van der Waals surface area (Å²) in [5.74, 6) is 1.50. The molecule has 6 atom stereocenters. The molecule has 0 amide bonds. The van der Waals surface area contributed by atoms with Crippen LogP contribution < -0.4 is 9.80 Å². The third-order valence-electron chi connectivity index (χ3n) is 20.0. The van der Waals surface area contributed by atoms with Crippen molar-refractivity contribution in [2.45, 2.75) is 134 Å². The van der Waals surface area contributed by atoms with Gasteiger partial charge in [-0.15, -0.1) is 0 Å². The van der Waals surface area contributed by atoms with Crippen molar-refractivity contribution in [2.24, 2.45) is 11.8 Å². The van der Waals surface area contributed by atoms with E-state index in [0.29, 0.717) is 0 Å².